The van der Waals surface area contributed by atoms with E-state index < -0.39 is 17.6 Å². The molecule has 0 unspecified atom stereocenters. The van der Waals surface area contributed by atoms with Crippen LogP contribution >= 0.6 is 0 Å². The number of ether oxygens (including phenoxy) is 1. The predicted molar refractivity (Wildman–Crippen MR) is 117 cm³/mol. The summed E-state index contributed by atoms with van der Waals surface area (Å²) in [4.78, 5) is 34.6. The molecule has 0 saturated carbocycles. The molecule has 0 spiro atoms. The Morgan fingerprint density at radius 3 is 2.00 bits per heavy atom. The van der Waals surface area contributed by atoms with Crippen LogP contribution in [-0.4, -0.2) is 25.0 Å². The maximum absolute atomic E-state index is 13.8. The Balaban J connectivity index is 1.63. The first-order valence-electron chi connectivity index (χ1n) is 10.1. The molecule has 2 amide bonds. The van der Waals surface area contributed by atoms with Gasteiger partial charge in [-0.1, -0.05) is 48.5 Å². The summed E-state index contributed by atoms with van der Waals surface area (Å²) in [5, 5.41) is 1.70. The molecule has 2 fully saturated rings. The van der Waals surface area contributed by atoms with Gasteiger partial charge in [0.25, 0.3) is 5.91 Å². The third-order valence-corrected chi connectivity index (χ3v) is 6.13. The van der Waals surface area contributed by atoms with Gasteiger partial charge in [0.2, 0.25) is 5.91 Å². The molecule has 6 nitrogen and oxygen atoms in total. The Morgan fingerprint density at radius 1 is 0.839 bits per heavy atom. The van der Waals surface area contributed by atoms with Gasteiger partial charge < -0.3 is 4.74 Å². The molecule has 5 rings (SSSR count). The van der Waals surface area contributed by atoms with Crippen LogP contribution in [0.25, 0.3) is 0 Å². The average Bonchev–Trinajstić information content (AvgIpc) is 3.23. The van der Waals surface area contributed by atoms with Gasteiger partial charge >= 0.3 is 0 Å². The third-order valence-electron chi connectivity index (χ3n) is 6.13. The summed E-state index contributed by atoms with van der Waals surface area (Å²) >= 11 is 0. The second-order valence-corrected chi connectivity index (χ2v) is 7.92. The van der Waals surface area contributed by atoms with Crippen molar-refractivity contribution in [2.24, 2.45) is 5.41 Å². The fraction of sp³-hybridized carbons (Fsp3) is 0.200. The zero-order valence-electron chi connectivity index (χ0n) is 17.3. The van der Waals surface area contributed by atoms with Crippen LogP contribution in [-0.2, 0) is 14.4 Å². The number of carbonyl (C=O) groups excluding carboxylic acids is 2. The van der Waals surface area contributed by atoms with E-state index in [9.17, 15) is 9.59 Å². The summed E-state index contributed by atoms with van der Waals surface area (Å²) in [6.07, 6.45) is -0.924. The fourth-order valence-electron chi connectivity index (χ4n) is 4.53. The first kappa shape index (κ1) is 19.3. The van der Waals surface area contributed by atoms with Crippen LogP contribution in [0.4, 0.5) is 11.4 Å². The molecule has 2 saturated heterocycles. The Hall–Kier alpha value is -3.64. The average molecular weight is 414 g/mol. The molecule has 3 aromatic carbocycles. The Labute approximate surface area is 180 Å². The molecule has 6 heteroatoms. The number of nitrogens with zero attached hydrogens (tertiary/aromatic N) is 2. The van der Waals surface area contributed by atoms with Crippen molar-refractivity contribution in [1.29, 1.82) is 0 Å². The number of imide groups is 1. The van der Waals surface area contributed by atoms with Crippen molar-refractivity contribution < 1.29 is 19.2 Å². The van der Waals surface area contributed by atoms with E-state index in [1.165, 1.54) is 4.90 Å². The Morgan fingerprint density at radius 2 is 1.42 bits per heavy atom. The minimum atomic E-state index is -1.10. The summed E-state index contributed by atoms with van der Waals surface area (Å²) in [5.74, 6) is 0.0963. The third kappa shape index (κ3) is 2.83. The second kappa shape index (κ2) is 7.25. The van der Waals surface area contributed by atoms with E-state index in [1.54, 1.807) is 24.3 Å². The molecule has 156 valence electrons. The zero-order chi connectivity index (χ0) is 21.6. The lowest BCUT2D eigenvalue weighted by Crippen LogP contribution is -2.41. The molecular formula is C25H22N2O4. The minimum Gasteiger partial charge on any atom is -0.497 e. The maximum atomic E-state index is 13.8. The summed E-state index contributed by atoms with van der Waals surface area (Å²) in [5.41, 5.74) is 1.10. The van der Waals surface area contributed by atoms with E-state index in [1.807, 2.05) is 79.7 Å². The van der Waals surface area contributed by atoms with Crippen molar-refractivity contribution in [2.45, 2.75) is 19.1 Å². The van der Waals surface area contributed by atoms with Gasteiger partial charge in [-0.15, -0.1) is 0 Å². The second-order valence-electron chi connectivity index (χ2n) is 7.92. The number of hydrogen-bond donors (Lipinski definition) is 0. The fourth-order valence-corrected chi connectivity index (χ4v) is 4.53. The molecule has 2 aliphatic heterocycles. The van der Waals surface area contributed by atoms with Crippen molar-refractivity contribution in [2.75, 3.05) is 17.1 Å². The molecule has 0 aliphatic carbocycles. The summed E-state index contributed by atoms with van der Waals surface area (Å²) in [6, 6.07) is 25.6. The van der Waals surface area contributed by atoms with Crippen molar-refractivity contribution in [1.82, 2.24) is 0 Å². The van der Waals surface area contributed by atoms with E-state index in [0.29, 0.717) is 5.69 Å². The van der Waals surface area contributed by atoms with Gasteiger partial charge in [-0.3, -0.25) is 14.4 Å². The van der Waals surface area contributed by atoms with E-state index in [2.05, 4.69) is 0 Å². The van der Waals surface area contributed by atoms with E-state index >= 15 is 0 Å². The molecule has 0 bridgehead atoms. The number of carbonyl (C=O) groups is 2. The lowest BCUT2D eigenvalue weighted by molar-refractivity contribution is -0.128. The molecular weight excluding hydrogens is 392 g/mol. The van der Waals surface area contributed by atoms with Gasteiger partial charge in [0.1, 0.15) is 11.2 Å². The van der Waals surface area contributed by atoms with Crippen LogP contribution in [0.2, 0.25) is 0 Å². The van der Waals surface area contributed by atoms with Crippen LogP contribution in [0, 0.1) is 5.41 Å². The molecule has 31 heavy (non-hydrogen) atoms. The van der Waals surface area contributed by atoms with Crippen LogP contribution in [0.5, 0.6) is 5.75 Å². The Bertz CT molecular complexity index is 1120. The highest BCUT2D eigenvalue weighted by molar-refractivity contribution is 6.25. The number of methoxy groups -OCH3 is 1. The predicted octanol–water partition coefficient (Wildman–Crippen LogP) is 4.14. The maximum Gasteiger partial charge on any atom is 0.266 e. The van der Waals surface area contributed by atoms with E-state index in [-0.39, 0.29) is 11.8 Å². The number of hydroxylamine groups is 1. The van der Waals surface area contributed by atoms with Gasteiger partial charge in [-0.2, -0.15) is 0 Å². The van der Waals surface area contributed by atoms with Crippen LogP contribution in [0.3, 0.4) is 0 Å². The SMILES string of the molecule is COc1ccc([C@@H]2N(c3ccccc3)O[C@H]3C(=O)N(c4ccccc4)C(=O)[C@@]23C)cc1. The van der Waals surface area contributed by atoms with Gasteiger partial charge in [0, 0.05) is 0 Å². The summed E-state index contributed by atoms with van der Waals surface area (Å²) in [6.45, 7) is 1.82. The van der Waals surface area contributed by atoms with Gasteiger partial charge in [0.15, 0.2) is 6.10 Å². The molecule has 3 aromatic rings. The van der Waals surface area contributed by atoms with Gasteiger partial charge in [-0.05, 0) is 48.9 Å². The topological polar surface area (TPSA) is 59.1 Å². The lowest BCUT2D eigenvalue weighted by atomic mass is 9.76. The number of para-hydroxylation sites is 2. The zero-order valence-corrected chi connectivity index (χ0v) is 17.3. The molecule has 0 N–H and O–H groups in total. The summed E-state index contributed by atoms with van der Waals surface area (Å²) in [7, 11) is 1.61. The first-order valence-corrected chi connectivity index (χ1v) is 10.1. The van der Waals surface area contributed by atoms with Crippen molar-refractivity contribution in [3.8, 4) is 5.75 Å². The van der Waals surface area contributed by atoms with Crippen LogP contribution < -0.4 is 14.7 Å². The molecule has 0 radical (unpaired) electrons. The largest absolute Gasteiger partial charge is 0.497 e. The number of hydrogen-bond acceptors (Lipinski definition) is 5. The smallest absolute Gasteiger partial charge is 0.266 e. The highest BCUT2D eigenvalue weighted by atomic mass is 16.7. The molecule has 2 aliphatic rings. The number of amides is 2. The van der Waals surface area contributed by atoms with Crippen LogP contribution in [0.15, 0.2) is 84.9 Å². The number of fused-ring (bicyclic) bond motifs is 1. The standard InChI is InChI=1S/C25H22N2O4/c1-25-21(17-13-15-20(30-2)16-14-17)27(19-11-7-4-8-12-19)31-22(25)23(28)26(24(25)29)18-9-5-3-6-10-18/h3-16,21-22H,1-2H3/t21-,22-,25-/m0/s1. The number of rotatable bonds is 4. The van der Waals surface area contributed by atoms with E-state index in [4.69, 9.17) is 9.57 Å². The number of benzene rings is 3. The Kier molecular flexibility index (Phi) is 4.52. The highest BCUT2D eigenvalue weighted by Crippen LogP contribution is 2.55. The first-order chi connectivity index (χ1) is 15.1. The normalized spacial score (nSPS) is 25.1. The van der Waals surface area contributed by atoms with Crippen LogP contribution in [0.1, 0.15) is 18.5 Å². The van der Waals surface area contributed by atoms with Crippen molar-refractivity contribution in [3.63, 3.8) is 0 Å². The minimum absolute atomic E-state index is 0.270. The molecule has 0 aromatic heterocycles. The van der Waals surface area contributed by atoms with Gasteiger partial charge in [-0.25, -0.2) is 9.96 Å². The molecule has 2 heterocycles. The summed E-state index contributed by atoms with van der Waals surface area (Å²) < 4.78 is 5.29. The number of anilines is 2. The van der Waals surface area contributed by atoms with Gasteiger partial charge in [0.05, 0.1) is 24.5 Å². The monoisotopic (exact) mass is 414 g/mol. The van der Waals surface area contributed by atoms with E-state index in [0.717, 1.165) is 17.0 Å². The quantitative estimate of drug-likeness (QED) is 0.601. The van der Waals surface area contributed by atoms with Crippen molar-refractivity contribution in [3.05, 3.63) is 90.5 Å². The lowest BCUT2D eigenvalue weighted by Gasteiger charge is -2.32. The molecule has 3 atom stereocenters. The van der Waals surface area contributed by atoms with Crippen molar-refractivity contribution >= 4 is 23.2 Å². The highest BCUT2D eigenvalue weighted by Gasteiger charge is 2.68.